The van der Waals surface area contributed by atoms with E-state index < -0.39 is 24.3 Å². The van der Waals surface area contributed by atoms with Gasteiger partial charge in [0.1, 0.15) is 11.7 Å². The zero-order valence-corrected chi connectivity index (χ0v) is 15.5. The molecule has 1 aromatic rings. The van der Waals surface area contributed by atoms with Gasteiger partial charge in [-0.15, -0.1) is 0 Å². The highest BCUT2D eigenvalue weighted by atomic mass is 16.4. The van der Waals surface area contributed by atoms with Crippen molar-refractivity contribution < 1.29 is 19.8 Å². The molecule has 6 nitrogen and oxygen atoms in total. The monoisotopic (exact) mass is 352 g/mol. The summed E-state index contributed by atoms with van der Waals surface area (Å²) in [5.74, 6) is -2.57. The second kappa shape index (κ2) is 11.7. The highest BCUT2D eigenvalue weighted by Crippen LogP contribution is 2.22. The minimum atomic E-state index is -1.14. The van der Waals surface area contributed by atoms with E-state index in [0.717, 1.165) is 25.1 Å². The normalized spacial score (nSPS) is 12.2. The molecule has 0 fully saturated rings. The van der Waals surface area contributed by atoms with E-state index in [1.807, 2.05) is 0 Å². The van der Waals surface area contributed by atoms with E-state index in [9.17, 15) is 14.7 Å². The van der Waals surface area contributed by atoms with Gasteiger partial charge in [-0.05, 0) is 13.3 Å². The third-order valence-electron chi connectivity index (χ3n) is 4.51. The zero-order valence-electron chi connectivity index (χ0n) is 15.5. The van der Waals surface area contributed by atoms with Crippen molar-refractivity contribution in [2.45, 2.75) is 90.4 Å². The van der Waals surface area contributed by atoms with Crippen molar-refractivity contribution in [2.24, 2.45) is 0 Å². The Morgan fingerprint density at radius 1 is 1.00 bits per heavy atom. The van der Waals surface area contributed by atoms with Gasteiger partial charge in [0.15, 0.2) is 0 Å². The molecule has 0 saturated heterocycles. The van der Waals surface area contributed by atoms with Crippen LogP contribution < -0.4 is 0 Å². The van der Waals surface area contributed by atoms with Gasteiger partial charge in [0.2, 0.25) is 0 Å². The molecule has 0 aliphatic carbocycles. The number of unbranched alkanes of at least 4 members (excludes halogenated alkanes) is 8. The second-order valence-corrected chi connectivity index (χ2v) is 6.75. The number of nitrogens with one attached hydrogen (secondary N) is 1. The summed E-state index contributed by atoms with van der Waals surface area (Å²) >= 11 is 0. The lowest BCUT2D eigenvalue weighted by atomic mass is 10.0. The first-order valence-electron chi connectivity index (χ1n) is 9.45. The fourth-order valence-corrected chi connectivity index (χ4v) is 3.08. The fraction of sp³-hybridized carbons (Fsp3) is 0.737. The van der Waals surface area contributed by atoms with Crippen LogP contribution in [0.1, 0.15) is 94.3 Å². The number of aromatic amines is 1. The molecule has 0 bridgehead atoms. The maximum atomic E-state index is 11.3. The first-order chi connectivity index (χ1) is 12.0. The largest absolute Gasteiger partial charge is 0.481 e. The number of aliphatic carboxylic acids is 2. The smallest absolute Gasteiger partial charge is 0.313 e. The number of carboxylic acid groups (broad SMARTS) is 2. The van der Waals surface area contributed by atoms with Crippen LogP contribution in [0.5, 0.6) is 0 Å². The number of rotatable bonds is 14. The number of hydrogen-bond acceptors (Lipinski definition) is 3. The van der Waals surface area contributed by atoms with Crippen LogP contribution >= 0.6 is 0 Å². The number of aryl methyl sites for hydroxylation is 2. The van der Waals surface area contributed by atoms with Crippen LogP contribution in [0.15, 0.2) is 0 Å². The highest BCUT2D eigenvalue weighted by molar-refractivity contribution is 5.82. The van der Waals surface area contributed by atoms with Crippen molar-refractivity contribution in [2.75, 3.05) is 0 Å². The number of carbonyl (C=O) groups is 2. The van der Waals surface area contributed by atoms with Crippen molar-refractivity contribution in [3.8, 4) is 0 Å². The Kier molecular flexibility index (Phi) is 9.88. The predicted molar refractivity (Wildman–Crippen MR) is 96.9 cm³/mol. The van der Waals surface area contributed by atoms with E-state index >= 15 is 0 Å². The van der Waals surface area contributed by atoms with Crippen molar-refractivity contribution >= 4 is 11.9 Å². The molecule has 0 aliphatic heterocycles. The molecule has 0 saturated carbocycles. The van der Waals surface area contributed by atoms with E-state index in [1.54, 1.807) is 6.92 Å². The van der Waals surface area contributed by atoms with E-state index in [0.29, 0.717) is 11.4 Å². The molecular weight excluding hydrogens is 320 g/mol. The summed E-state index contributed by atoms with van der Waals surface area (Å²) in [5, 5.41) is 18.1. The Hall–Kier alpha value is -1.85. The van der Waals surface area contributed by atoms with Crippen LogP contribution in [0.4, 0.5) is 0 Å². The maximum Gasteiger partial charge on any atom is 0.313 e. The molecule has 25 heavy (non-hydrogen) atoms. The number of hydrogen-bond donors (Lipinski definition) is 3. The molecule has 1 rings (SSSR count). The molecule has 1 aromatic heterocycles. The van der Waals surface area contributed by atoms with E-state index in [2.05, 4.69) is 16.9 Å². The Balaban J connectivity index is 2.36. The van der Waals surface area contributed by atoms with Gasteiger partial charge in [-0.2, -0.15) is 0 Å². The molecule has 3 N–H and O–H groups in total. The predicted octanol–water partition coefficient (Wildman–Crippen LogP) is 4.43. The highest BCUT2D eigenvalue weighted by Gasteiger charge is 2.27. The topological polar surface area (TPSA) is 103 Å². The third kappa shape index (κ3) is 8.18. The second-order valence-electron chi connectivity index (χ2n) is 6.75. The molecule has 1 atom stereocenters. The van der Waals surface area contributed by atoms with Crippen molar-refractivity contribution in [1.82, 2.24) is 9.97 Å². The molecule has 0 radical (unpaired) electrons. The third-order valence-corrected chi connectivity index (χ3v) is 4.51. The summed E-state index contributed by atoms with van der Waals surface area (Å²) in [5.41, 5.74) is 1.00. The molecular formula is C19H32N2O4. The molecule has 1 heterocycles. The molecule has 0 spiro atoms. The molecule has 6 heteroatoms. The Bertz CT molecular complexity index is 540. The molecule has 0 amide bonds. The van der Waals surface area contributed by atoms with Crippen LogP contribution in [-0.2, 0) is 16.0 Å². The van der Waals surface area contributed by atoms with Crippen LogP contribution in [0.25, 0.3) is 0 Å². The molecule has 0 aliphatic rings. The van der Waals surface area contributed by atoms with Crippen LogP contribution in [0.3, 0.4) is 0 Å². The van der Waals surface area contributed by atoms with Crippen LogP contribution in [-0.4, -0.2) is 32.1 Å². The number of carboxylic acids is 2. The van der Waals surface area contributed by atoms with Gasteiger partial charge >= 0.3 is 11.9 Å². The number of H-pyrrole nitrogens is 1. The van der Waals surface area contributed by atoms with Gasteiger partial charge in [0, 0.05) is 6.42 Å². The van der Waals surface area contributed by atoms with Gasteiger partial charge < -0.3 is 15.2 Å². The Morgan fingerprint density at radius 2 is 1.56 bits per heavy atom. The minimum absolute atomic E-state index is 0.417. The minimum Gasteiger partial charge on any atom is -0.481 e. The lowest BCUT2D eigenvalue weighted by Gasteiger charge is -2.08. The number of nitrogens with zero attached hydrogens (tertiary/aromatic N) is 1. The maximum absolute atomic E-state index is 11.3. The summed E-state index contributed by atoms with van der Waals surface area (Å²) in [7, 11) is 0. The van der Waals surface area contributed by atoms with Crippen molar-refractivity contribution in [1.29, 1.82) is 0 Å². The van der Waals surface area contributed by atoms with Crippen molar-refractivity contribution in [3.63, 3.8) is 0 Å². The van der Waals surface area contributed by atoms with Crippen molar-refractivity contribution in [3.05, 3.63) is 17.2 Å². The van der Waals surface area contributed by atoms with Gasteiger partial charge in [-0.1, -0.05) is 58.3 Å². The lowest BCUT2D eigenvalue weighted by molar-refractivity contribution is -0.145. The van der Waals surface area contributed by atoms with Gasteiger partial charge in [-0.3, -0.25) is 9.59 Å². The SMILES string of the molecule is CCCCCCCCCCCc1nc(C)c(C(CC(=O)O)C(=O)O)[nH]1. The van der Waals surface area contributed by atoms with E-state index in [1.165, 1.54) is 44.9 Å². The summed E-state index contributed by atoms with van der Waals surface area (Å²) in [6.45, 7) is 3.95. The molecule has 1 unspecified atom stereocenters. The summed E-state index contributed by atoms with van der Waals surface area (Å²) in [4.78, 5) is 29.6. The Morgan fingerprint density at radius 3 is 2.08 bits per heavy atom. The quantitative estimate of drug-likeness (QED) is 0.430. The summed E-state index contributed by atoms with van der Waals surface area (Å²) < 4.78 is 0. The number of aromatic nitrogens is 2. The lowest BCUT2D eigenvalue weighted by Crippen LogP contribution is -2.17. The standard InChI is InChI=1S/C19H32N2O4/c1-3-4-5-6-7-8-9-10-11-12-16-20-14(2)18(21-16)15(19(24)25)13-17(22)23/h15H,3-13H2,1-2H3,(H,20,21)(H,22,23)(H,24,25). The Labute approximate surface area is 150 Å². The van der Waals surface area contributed by atoms with E-state index in [4.69, 9.17) is 5.11 Å². The van der Waals surface area contributed by atoms with Crippen LogP contribution in [0.2, 0.25) is 0 Å². The summed E-state index contributed by atoms with van der Waals surface area (Å²) in [6.07, 6.45) is 11.6. The average Bonchev–Trinajstić information content (AvgIpc) is 2.91. The van der Waals surface area contributed by atoms with Crippen LogP contribution in [0, 0.1) is 6.92 Å². The number of imidazole rings is 1. The van der Waals surface area contributed by atoms with E-state index in [-0.39, 0.29) is 0 Å². The van der Waals surface area contributed by atoms with Gasteiger partial charge in [-0.25, -0.2) is 4.98 Å². The first kappa shape index (κ1) is 21.2. The first-order valence-corrected chi connectivity index (χ1v) is 9.45. The molecule has 142 valence electrons. The fourth-order valence-electron chi connectivity index (χ4n) is 3.08. The zero-order chi connectivity index (χ0) is 18.7. The summed E-state index contributed by atoms with van der Waals surface area (Å²) in [6, 6.07) is 0. The average molecular weight is 352 g/mol. The van der Waals surface area contributed by atoms with Gasteiger partial charge in [0.25, 0.3) is 0 Å². The molecule has 0 aromatic carbocycles. The van der Waals surface area contributed by atoms with Gasteiger partial charge in [0.05, 0.1) is 17.8 Å².